The molecule has 338 valence electrons. The molecule has 0 aromatic heterocycles. The molecule has 1 saturated heterocycles. The zero-order valence-corrected chi connectivity index (χ0v) is 37.0. The zero-order chi connectivity index (χ0) is 42.3. The molecule has 0 aliphatic carbocycles. The summed E-state index contributed by atoms with van der Waals surface area (Å²) in [7, 11) is 0. The van der Waals surface area contributed by atoms with E-state index in [0.717, 1.165) is 64.2 Å². The Morgan fingerprint density at radius 3 is 1.45 bits per heavy atom. The summed E-state index contributed by atoms with van der Waals surface area (Å²) in [6, 6.07) is -0.829. The first kappa shape index (κ1) is 54.2. The Morgan fingerprint density at radius 1 is 0.569 bits per heavy atom. The second-order valence-electron chi connectivity index (χ2n) is 16.5. The molecule has 58 heavy (non-hydrogen) atoms. The number of carbonyl (C=O) groups is 1. The van der Waals surface area contributed by atoms with E-state index in [-0.39, 0.29) is 12.5 Å². The number of hydrogen-bond donors (Lipinski definition) is 6. The number of aliphatic hydroxyl groups excluding tert-OH is 5. The van der Waals surface area contributed by atoms with E-state index in [1.807, 2.05) is 6.08 Å². The van der Waals surface area contributed by atoms with Gasteiger partial charge in [0.05, 0.1) is 25.4 Å². The first-order chi connectivity index (χ1) is 28.3. The number of nitrogens with one attached hydrogen (secondary N) is 1. The lowest BCUT2D eigenvalue weighted by atomic mass is 9.99. The number of rotatable bonds is 39. The molecule has 1 aliphatic heterocycles. The van der Waals surface area contributed by atoms with Crippen LogP contribution in [0.2, 0.25) is 0 Å². The molecule has 0 spiro atoms. The number of allylic oxidation sites excluding steroid dienone is 7. The second-order valence-corrected chi connectivity index (χ2v) is 16.5. The molecular formula is C49H89NO8. The molecule has 7 atom stereocenters. The van der Waals surface area contributed by atoms with Gasteiger partial charge in [-0.1, -0.05) is 172 Å². The summed E-state index contributed by atoms with van der Waals surface area (Å²) in [5.41, 5.74) is 0. The van der Waals surface area contributed by atoms with Crippen LogP contribution in [0.15, 0.2) is 48.6 Å². The Balaban J connectivity index is 2.37. The normalized spacial score (nSPS) is 21.3. The van der Waals surface area contributed by atoms with Crippen LogP contribution < -0.4 is 5.32 Å². The van der Waals surface area contributed by atoms with Crippen LogP contribution in [0.1, 0.15) is 200 Å². The Hall–Kier alpha value is -1.85. The van der Waals surface area contributed by atoms with E-state index in [0.29, 0.717) is 6.42 Å². The van der Waals surface area contributed by atoms with Gasteiger partial charge in [-0.2, -0.15) is 0 Å². The third-order valence-electron chi connectivity index (χ3n) is 11.1. The van der Waals surface area contributed by atoms with Gasteiger partial charge in [-0.05, 0) is 70.6 Å². The van der Waals surface area contributed by atoms with Crippen molar-refractivity contribution in [3.63, 3.8) is 0 Å². The molecule has 9 heteroatoms. The molecule has 9 nitrogen and oxygen atoms in total. The molecular weight excluding hydrogens is 731 g/mol. The van der Waals surface area contributed by atoms with Crippen molar-refractivity contribution in [2.45, 2.75) is 243 Å². The molecule has 1 rings (SSSR count). The van der Waals surface area contributed by atoms with Crippen molar-refractivity contribution >= 4 is 5.91 Å². The van der Waals surface area contributed by atoms with Crippen LogP contribution in [-0.4, -0.2) is 87.5 Å². The fourth-order valence-corrected chi connectivity index (χ4v) is 7.24. The maximum absolute atomic E-state index is 13.0. The van der Waals surface area contributed by atoms with Crippen molar-refractivity contribution in [1.29, 1.82) is 0 Å². The summed E-state index contributed by atoms with van der Waals surface area (Å²) in [6.45, 7) is 3.73. The first-order valence-electron chi connectivity index (χ1n) is 23.9. The van der Waals surface area contributed by atoms with Gasteiger partial charge in [0.1, 0.15) is 24.4 Å². The summed E-state index contributed by atoms with van der Waals surface area (Å²) in [6.07, 6.45) is 42.9. The fraction of sp³-hybridized carbons (Fsp3) is 0.816. The average molecular weight is 820 g/mol. The molecule has 1 amide bonds. The first-order valence-corrected chi connectivity index (χ1v) is 23.9. The van der Waals surface area contributed by atoms with Gasteiger partial charge in [0.25, 0.3) is 0 Å². The fourth-order valence-electron chi connectivity index (χ4n) is 7.24. The quantitative estimate of drug-likeness (QED) is 0.0265. The highest BCUT2D eigenvalue weighted by Gasteiger charge is 2.44. The maximum atomic E-state index is 13.0. The number of carbonyl (C=O) groups excluding carboxylic acids is 1. The van der Waals surface area contributed by atoms with Crippen LogP contribution >= 0.6 is 0 Å². The third-order valence-corrected chi connectivity index (χ3v) is 11.1. The van der Waals surface area contributed by atoms with Crippen molar-refractivity contribution in [3.05, 3.63) is 48.6 Å². The number of ether oxygens (including phenoxy) is 2. The zero-order valence-electron chi connectivity index (χ0n) is 37.0. The number of hydrogen-bond acceptors (Lipinski definition) is 8. The molecule has 1 aliphatic rings. The van der Waals surface area contributed by atoms with Crippen molar-refractivity contribution in [2.75, 3.05) is 13.2 Å². The minimum absolute atomic E-state index is 0.197. The van der Waals surface area contributed by atoms with Gasteiger partial charge in [0.15, 0.2) is 6.29 Å². The Kier molecular flexibility index (Phi) is 36.7. The molecule has 0 saturated carbocycles. The van der Waals surface area contributed by atoms with E-state index in [9.17, 15) is 30.3 Å². The van der Waals surface area contributed by atoms with Gasteiger partial charge in [0, 0.05) is 6.42 Å². The van der Waals surface area contributed by atoms with E-state index < -0.39 is 49.5 Å². The minimum atomic E-state index is -1.57. The molecule has 0 radical (unpaired) electrons. The summed E-state index contributed by atoms with van der Waals surface area (Å²) >= 11 is 0. The monoisotopic (exact) mass is 820 g/mol. The highest BCUT2D eigenvalue weighted by Crippen LogP contribution is 2.22. The van der Waals surface area contributed by atoms with E-state index >= 15 is 0 Å². The lowest BCUT2D eigenvalue weighted by molar-refractivity contribution is -0.302. The van der Waals surface area contributed by atoms with Crippen molar-refractivity contribution in [1.82, 2.24) is 5.32 Å². The topological polar surface area (TPSA) is 149 Å². The van der Waals surface area contributed by atoms with Crippen LogP contribution in [0.3, 0.4) is 0 Å². The van der Waals surface area contributed by atoms with Gasteiger partial charge < -0.3 is 40.3 Å². The lowest BCUT2D eigenvalue weighted by Crippen LogP contribution is -2.60. The number of unbranched alkanes of at least 4 members (excludes halogenated alkanes) is 23. The van der Waals surface area contributed by atoms with Gasteiger partial charge in [-0.25, -0.2) is 0 Å². The van der Waals surface area contributed by atoms with Crippen molar-refractivity contribution < 1.29 is 39.8 Å². The Morgan fingerprint density at radius 2 is 0.983 bits per heavy atom. The number of amides is 1. The van der Waals surface area contributed by atoms with Crippen molar-refractivity contribution in [3.8, 4) is 0 Å². The number of aliphatic hydroxyl groups is 5. The summed E-state index contributed by atoms with van der Waals surface area (Å²) in [4.78, 5) is 13.0. The van der Waals surface area contributed by atoms with E-state index in [2.05, 4.69) is 55.6 Å². The molecule has 0 aromatic carbocycles. The highest BCUT2D eigenvalue weighted by molar-refractivity contribution is 5.76. The molecule has 7 unspecified atom stereocenters. The SMILES string of the molecule is CCCCCCCC/C=C/CC/C=C/CC/C=C/C(O)C(COC1OC(CO)C(O)C(O)C1O)NC(=O)CCCCCCCCC/C=C\CCCCCCCCCC. The van der Waals surface area contributed by atoms with Crippen LogP contribution in [0.5, 0.6) is 0 Å². The van der Waals surface area contributed by atoms with E-state index in [4.69, 9.17) is 9.47 Å². The van der Waals surface area contributed by atoms with Gasteiger partial charge in [0.2, 0.25) is 5.91 Å². The van der Waals surface area contributed by atoms with E-state index in [1.165, 1.54) is 116 Å². The Labute approximate surface area is 354 Å². The molecule has 1 fully saturated rings. The third kappa shape index (κ3) is 29.4. The lowest BCUT2D eigenvalue weighted by Gasteiger charge is -2.40. The maximum Gasteiger partial charge on any atom is 0.220 e. The predicted molar refractivity (Wildman–Crippen MR) is 239 cm³/mol. The second kappa shape index (κ2) is 39.3. The summed E-state index contributed by atoms with van der Waals surface area (Å²) in [5, 5.41) is 54.2. The standard InChI is InChI=1S/C49H89NO8/c1-3-5-7-9-11-13-15-17-19-21-22-23-25-27-29-31-33-35-37-39-45(53)50-42(41-57-49-48(56)47(55)46(54)44(40-51)58-49)43(52)38-36-34-32-30-28-26-24-20-18-16-14-12-10-8-6-4-2/h18,20-22,28,30,36,38,42-44,46-49,51-52,54-56H,3-17,19,23-27,29,31-35,37,39-41H2,1-2H3,(H,50,53)/b20-18+,22-21-,30-28+,38-36+. The molecule has 6 N–H and O–H groups in total. The van der Waals surface area contributed by atoms with Gasteiger partial charge in [-0.15, -0.1) is 0 Å². The largest absolute Gasteiger partial charge is 0.394 e. The predicted octanol–water partition coefficient (Wildman–Crippen LogP) is 10.2. The smallest absolute Gasteiger partial charge is 0.220 e. The van der Waals surface area contributed by atoms with Crippen molar-refractivity contribution in [2.24, 2.45) is 0 Å². The average Bonchev–Trinajstić information content (AvgIpc) is 3.22. The van der Waals surface area contributed by atoms with Crippen LogP contribution in [0.25, 0.3) is 0 Å². The van der Waals surface area contributed by atoms with E-state index in [1.54, 1.807) is 6.08 Å². The minimum Gasteiger partial charge on any atom is -0.394 e. The van der Waals surface area contributed by atoms with Crippen LogP contribution in [0, 0.1) is 0 Å². The molecule has 0 aromatic rings. The van der Waals surface area contributed by atoms with Crippen LogP contribution in [0.4, 0.5) is 0 Å². The van der Waals surface area contributed by atoms with Crippen LogP contribution in [-0.2, 0) is 14.3 Å². The van der Waals surface area contributed by atoms with Gasteiger partial charge in [-0.3, -0.25) is 4.79 Å². The highest BCUT2D eigenvalue weighted by atomic mass is 16.7. The summed E-state index contributed by atoms with van der Waals surface area (Å²) in [5.74, 6) is -0.197. The molecule has 1 heterocycles. The summed E-state index contributed by atoms with van der Waals surface area (Å²) < 4.78 is 11.2. The molecule has 0 bridgehead atoms. The van der Waals surface area contributed by atoms with Gasteiger partial charge >= 0.3 is 0 Å². The Bertz CT molecular complexity index is 1050.